The average molecular weight is 160 g/mol. The standard InChI is InChI=1S/C9H21P/c1-4-5-7-10-8-6-9(2)3/h9-10H,4-8H2,1-3H3. The summed E-state index contributed by atoms with van der Waals surface area (Å²) in [5.41, 5.74) is 0. The van der Waals surface area contributed by atoms with Crippen LogP contribution in [0.4, 0.5) is 0 Å². The van der Waals surface area contributed by atoms with E-state index in [0.717, 1.165) is 5.92 Å². The fourth-order valence-corrected chi connectivity index (χ4v) is 2.45. The summed E-state index contributed by atoms with van der Waals surface area (Å²) in [4.78, 5) is 0. The molecule has 0 rings (SSSR count). The van der Waals surface area contributed by atoms with Gasteiger partial charge in [-0.3, -0.25) is 0 Å². The van der Waals surface area contributed by atoms with Crippen LogP contribution in [0.15, 0.2) is 0 Å². The fourth-order valence-electron chi connectivity index (χ4n) is 0.818. The van der Waals surface area contributed by atoms with Crippen molar-refractivity contribution in [1.82, 2.24) is 0 Å². The number of unbranched alkanes of at least 4 members (excludes halogenated alkanes) is 1. The number of hydrogen-bond acceptors (Lipinski definition) is 0. The zero-order valence-corrected chi connectivity index (χ0v) is 8.61. The lowest BCUT2D eigenvalue weighted by Gasteiger charge is -2.02. The summed E-state index contributed by atoms with van der Waals surface area (Å²) in [5, 5.41) is 0. The zero-order chi connectivity index (χ0) is 7.82. The SMILES string of the molecule is CCCCPCCC(C)C. The molecule has 62 valence electrons. The molecular formula is C9H21P. The molecular weight excluding hydrogens is 139 g/mol. The van der Waals surface area contributed by atoms with Gasteiger partial charge in [0, 0.05) is 0 Å². The quantitative estimate of drug-likeness (QED) is 0.412. The van der Waals surface area contributed by atoms with Gasteiger partial charge in [-0.05, 0) is 31.1 Å². The highest BCUT2D eigenvalue weighted by molar-refractivity contribution is 7.37. The minimum absolute atomic E-state index is 0.911. The first-order chi connectivity index (χ1) is 4.77. The van der Waals surface area contributed by atoms with E-state index in [1.807, 2.05) is 0 Å². The van der Waals surface area contributed by atoms with Crippen LogP contribution >= 0.6 is 8.58 Å². The van der Waals surface area contributed by atoms with Gasteiger partial charge < -0.3 is 0 Å². The van der Waals surface area contributed by atoms with Crippen LogP contribution in [-0.4, -0.2) is 12.3 Å². The Bertz CT molecular complexity index is 59.7. The summed E-state index contributed by atoms with van der Waals surface area (Å²) in [7, 11) is 1.23. The maximum Gasteiger partial charge on any atom is -0.0351 e. The molecule has 0 fully saturated rings. The third-order valence-corrected chi connectivity index (χ3v) is 2.95. The van der Waals surface area contributed by atoms with Crippen molar-refractivity contribution >= 4 is 8.58 Å². The van der Waals surface area contributed by atoms with Crippen molar-refractivity contribution < 1.29 is 0 Å². The second kappa shape index (κ2) is 7.54. The first-order valence-corrected chi connectivity index (χ1v) is 5.89. The van der Waals surface area contributed by atoms with Crippen LogP contribution < -0.4 is 0 Å². The maximum atomic E-state index is 2.31. The Morgan fingerprint density at radius 1 is 1.20 bits per heavy atom. The topological polar surface area (TPSA) is 0 Å². The van der Waals surface area contributed by atoms with Crippen LogP contribution in [0.1, 0.15) is 40.0 Å². The van der Waals surface area contributed by atoms with Crippen LogP contribution in [0.3, 0.4) is 0 Å². The molecule has 0 aliphatic rings. The maximum absolute atomic E-state index is 2.31. The van der Waals surface area contributed by atoms with E-state index in [0.29, 0.717) is 0 Å². The monoisotopic (exact) mass is 160 g/mol. The summed E-state index contributed by atoms with van der Waals surface area (Å²) < 4.78 is 0. The fraction of sp³-hybridized carbons (Fsp3) is 1.00. The largest absolute Gasteiger partial charge is 0.122 e. The van der Waals surface area contributed by atoms with E-state index >= 15 is 0 Å². The zero-order valence-electron chi connectivity index (χ0n) is 7.61. The predicted octanol–water partition coefficient (Wildman–Crippen LogP) is 3.51. The lowest BCUT2D eigenvalue weighted by molar-refractivity contribution is 0.630. The van der Waals surface area contributed by atoms with Gasteiger partial charge in [-0.15, -0.1) is 8.58 Å². The lowest BCUT2D eigenvalue weighted by Crippen LogP contribution is -1.88. The normalized spacial score (nSPS) is 12.0. The molecule has 1 heteroatoms. The highest BCUT2D eigenvalue weighted by atomic mass is 31.1. The molecule has 0 amide bonds. The van der Waals surface area contributed by atoms with Crippen molar-refractivity contribution in [1.29, 1.82) is 0 Å². The van der Waals surface area contributed by atoms with Crippen LogP contribution in [0.25, 0.3) is 0 Å². The molecule has 0 bridgehead atoms. The first-order valence-electron chi connectivity index (χ1n) is 4.48. The average Bonchev–Trinajstić information content (AvgIpc) is 1.87. The van der Waals surface area contributed by atoms with E-state index in [4.69, 9.17) is 0 Å². The van der Waals surface area contributed by atoms with Gasteiger partial charge in [0.25, 0.3) is 0 Å². The van der Waals surface area contributed by atoms with Crippen molar-refractivity contribution in [3.63, 3.8) is 0 Å². The van der Waals surface area contributed by atoms with Crippen molar-refractivity contribution in [3.05, 3.63) is 0 Å². The van der Waals surface area contributed by atoms with Gasteiger partial charge in [-0.1, -0.05) is 27.2 Å². The van der Waals surface area contributed by atoms with Gasteiger partial charge in [-0.25, -0.2) is 0 Å². The summed E-state index contributed by atoms with van der Waals surface area (Å²) in [6, 6.07) is 0. The smallest absolute Gasteiger partial charge is 0.0351 e. The highest BCUT2D eigenvalue weighted by Crippen LogP contribution is 2.16. The Hall–Kier alpha value is 0.430. The van der Waals surface area contributed by atoms with Gasteiger partial charge in [0.15, 0.2) is 0 Å². The van der Waals surface area contributed by atoms with Crippen LogP contribution in [0, 0.1) is 5.92 Å². The van der Waals surface area contributed by atoms with E-state index in [-0.39, 0.29) is 0 Å². The van der Waals surface area contributed by atoms with Crippen molar-refractivity contribution in [2.75, 3.05) is 12.3 Å². The van der Waals surface area contributed by atoms with E-state index in [2.05, 4.69) is 20.8 Å². The van der Waals surface area contributed by atoms with Crippen molar-refractivity contribution in [2.24, 2.45) is 5.92 Å². The Morgan fingerprint density at radius 3 is 2.40 bits per heavy atom. The van der Waals surface area contributed by atoms with E-state index in [1.54, 1.807) is 0 Å². The molecule has 0 aliphatic carbocycles. The van der Waals surface area contributed by atoms with Crippen LogP contribution in [0.2, 0.25) is 0 Å². The molecule has 0 saturated carbocycles. The molecule has 1 unspecified atom stereocenters. The molecule has 0 nitrogen and oxygen atoms in total. The van der Waals surface area contributed by atoms with Crippen LogP contribution in [0.5, 0.6) is 0 Å². The molecule has 0 spiro atoms. The van der Waals surface area contributed by atoms with Gasteiger partial charge in [-0.2, -0.15) is 0 Å². The van der Waals surface area contributed by atoms with Crippen LogP contribution in [-0.2, 0) is 0 Å². The molecule has 0 heterocycles. The van der Waals surface area contributed by atoms with E-state index < -0.39 is 0 Å². The summed E-state index contributed by atoms with van der Waals surface area (Å²) in [6.07, 6.45) is 7.19. The van der Waals surface area contributed by atoms with E-state index in [9.17, 15) is 0 Å². The molecule has 0 aromatic rings. The molecule has 0 radical (unpaired) electrons. The predicted molar refractivity (Wildman–Crippen MR) is 52.4 cm³/mol. The number of hydrogen-bond donors (Lipinski definition) is 0. The Kier molecular flexibility index (Phi) is 7.86. The lowest BCUT2D eigenvalue weighted by atomic mass is 10.2. The number of rotatable bonds is 6. The minimum Gasteiger partial charge on any atom is -0.122 e. The van der Waals surface area contributed by atoms with Crippen molar-refractivity contribution in [3.8, 4) is 0 Å². The third kappa shape index (κ3) is 8.43. The van der Waals surface area contributed by atoms with Gasteiger partial charge in [0.2, 0.25) is 0 Å². The first kappa shape index (κ1) is 10.4. The summed E-state index contributed by atoms with van der Waals surface area (Å²) >= 11 is 0. The second-order valence-corrected chi connectivity index (χ2v) is 4.79. The molecule has 0 aromatic carbocycles. The molecule has 1 atom stereocenters. The molecule has 10 heavy (non-hydrogen) atoms. The third-order valence-electron chi connectivity index (χ3n) is 1.61. The Balaban J connectivity index is 2.77. The molecule has 0 N–H and O–H groups in total. The van der Waals surface area contributed by atoms with E-state index in [1.165, 1.54) is 40.2 Å². The van der Waals surface area contributed by atoms with Gasteiger partial charge in [0.1, 0.15) is 0 Å². The second-order valence-electron chi connectivity index (χ2n) is 3.29. The molecule has 0 aliphatic heterocycles. The Morgan fingerprint density at radius 2 is 1.90 bits per heavy atom. The summed E-state index contributed by atoms with van der Waals surface area (Å²) in [5.74, 6) is 0.911. The van der Waals surface area contributed by atoms with Gasteiger partial charge >= 0.3 is 0 Å². The minimum atomic E-state index is 0.911. The Labute approximate surface area is 67.6 Å². The van der Waals surface area contributed by atoms with Crippen molar-refractivity contribution in [2.45, 2.75) is 40.0 Å². The summed E-state index contributed by atoms with van der Waals surface area (Å²) in [6.45, 7) is 6.89. The molecule has 0 saturated heterocycles. The van der Waals surface area contributed by atoms with Gasteiger partial charge in [0.05, 0.1) is 0 Å². The molecule has 0 aromatic heterocycles. The highest BCUT2D eigenvalue weighted by Gasteiger charge is 1.92.